The summed E-state index contributed by atoms with van der Waals surface area (Å²) in [4.78, 5) is 0. The number of allylic oxidation sites excluding steroid dienone is 10. The molecule has 148 valence electrons. The Bertz CT molecular complexity index is 997. The highest BCUT2D eigenvalue weighted by atomic mass is 14.3. The molecule has 0 heteroatoms. The predicted octanol–water partition coefficient (Wildman–Crippen LogP) is 7.89. The van der Waals surface area contributed by atoms with Crippen LogP contribution in [0.1, 0.15) is 52.2 Å². The van der Waals surface area contributed by atoms with E-state index in [9.17, 15) is 0 Å². The highest BCUT2D eigenvalue weighted by Gasteiger charge is 2.22. The standard InChI is InChI=1S/C29H32/c1-7-27(21(2)18-23-12-10-8-9-11-13-23)25-19-22(3)28(20-25)24-14-16-26(17-15-24)29(4,5)6/h8,10-17,19-22H,1,18H2,2-6H3. The second-order valence-electron chi connectivity index (χ2n) is 9.13. The second-order valence-corrected chi connectivity index (χ2v) is 9.13. The summed E-state index contributed by atoms with van der Waals surface area (Å²) in [6.45, 7) is 15.3. The van der Waals surface area contributed by atoms with Crippen LogP contribution in [0.15, 0.2) is 102 Å². The number of rotatable bonds is 5. The van der Waals surface area contributed by atoms with Crippen molar-refractivity contribution in [2.45, 2.75) is 46.5 Å². The monoisotopic (exact) mass is 380 g/mol. The molecule has 3 rings (SSSR count). The third kappa shape index (κ3) is 4.99. The van der Waals surface area contributed by atoms with Gasteiger partial charge in [-0.1, -0.05) is 89.8 Å². The summed E-state index contributed by atoms with van der Waals surface area (Å²) >= 11 is 0. The Hall–Kier alpha value is -2.78. The molecule has 0 N–H and O–H groups in total. The summed E-state index contributed by atoms with van der Waals surface area (Å²) in [7, 11) is 0. The Morgan fingerprint density at radius 2 is 1.90 bits per heavy atom. The second kappa shape index (κ2) is 8.71. The Balaban J connectivity index is 1.80. The van der Waals surface area contributed by atoms with Crippen molar-refractivity contribution in [1.29, 1.82) is 0 Å². The average molecular weight is 381 g/mol. The number of hydrogen-bond donors (Lipinski definition) is 0. The zero-order chi connectivity index (χ0) is 21.0. The predicted molar refractivity (Wildman–Crippen MR) is 127 cm³/mol. The first-order chi connectivity index (χ1) is 13.8. The summed E-state index contributed by atoms with van der Waals surface area (Å²) in [5.41, 5.74) is 14.4. The molecule has 0 aromatic heterocycles. The Labute approximate surface area is 176 Å². The van der Waals surface area contributed by atoms with Gasteiger partial charge in [0.25, 0.3) is 0 Å². The van der Waals surface area contributed by atoms with Crippen LogP contribution in [0, 0.1) is 11.8 Å². The molecule has 0 nitrogen and oxygen atoms in total. The summed E-state index contributed by atoms with van der Waals surface area (Å²) < 4.78 is 0. The summed E-state index contributed by atoms with van der Waals surface area (Å²) in [5, 5.41) is 0. The zero-order valence-electron chi connectivity index (χ0n) is 18.4. The van der Waals surface area contributed by atoms with E-state index in [1.807, 2.05) is 12.2 Å². The van der Waals surface area contributed by atoms with Gasteiger partial charge in [-0.2, -0.15) is 0 Å². The van der Waals surface area contributed by atoms with Gasteiger partial charge in [-0.15, -0.1) is 11.5 Å². The van der Waals surface area contributed by atoms with Gasteiger partial charge in [-0.05, 0) is 63.8 Å². The third-order valence-electron chi connectivity index (χ3n) is 5.75. The first-order valence-corrected chi connectivity index (χ1v) is 10.5. The lowest BCUT2D eigenvalue weighted by atomic mass is 9.85. The van der Waals surface area contributed by atoms with E-state index >= 15 is 0 Å². The van der Waals surface area contributed by atoms with Gasteiger partial charge in [0.15, 0.2) is 0 Å². The minimum Gasteiger partial charge on any atom is -0.124 e. The SMILES string of the molecule is C=C=C(C1=CC(C)C(c2ccc(C(C)(C)C)cc2)=C1)C(C)CC1=CC=C=CC=C1. The van der Waals surface area contributed by atoms with Crippen molar-refractivity contribution in [2.24, 2.45) is 11.8 Å². The maximum absolute atomic E-state index is 4.00. The largest absolute Gasteiger partial charge is 0.124 e. The molecule has 2 atom stereocenters. The molecule has 0 saturated heterocycles. The summed E-state index contributed by atoms with van der Waals surface area (Å²) in [6.07, 6.45) is 15.9. The molecule has 0 saturated carbocycles. The van der Waals surface area contributed by atoms with E-state index in [0.717, 1.165) is 6.42 Å². The van der Waals surface area contributed by atoms with Gasteiger partial charge < -0.3 is 0 Å². The minimum absolute atomic E-state index is 0.178. The van der Waals surface area contributed by atoms with Crippen LogP contribution >= 0.6 is 0 Å². The third-order valence-corrected chi connectivity index (χ3v) is 5.75. The molecular formula is C29H32. The highest BCUT2D eigenvalue weighted by Crippen LogP contribution is 2.38. The quantitative estimate of drug-likeness (QED) is 0.456. The van der Waals surface area contributed by atoms with Gasteiger partial charge in [0.1, 0.15) is 0 Å². The van der Waals surface area contributed by atoms with Crippen LogP contribution in [0.25, 0.3) is 5.57 Å². The molecule has 1 aromatic rings. The van der Waals surface area contributed by atoms with Crippen LogP contribution in [-0.4, -0.2) is 0 Å². The Morgan fingerprint density at radius 1 is 1.17 bits per heavy atom. The Kier molecular flexibility index (Phi) is 6.29. The van der Waals surface area contributed by atoms with Crippen molar-refractivity contribution in [2.75, 3.05) is 0 Å². The molecule has 1 aromatic carbocycles. The number of hydrogen-bond acceptors (Lipinski definition) is 0. The molecule has 0 radical (unpaired) electrons. The van der Waals surface area contributed by atoms with E-state index in [1.165, 1.54) is 33.4 Å². The zero-order valence-corrected chi connectivity index (χ0v) is 18.4. The molecule has 2 aliphatic rings. The van der Waals surface area contributed by atoms with E-state index in [1.54, 1.807) is 0 Å². The maximum atomic E-state index is 4.00. The van der Waals surface area contributed by atoms with Crippen LogP contribution in [0.5, 0.6) is 0 Å². The Morgan fingerprint density at radius 3 is 2.55 bits per heavy atom. The molecular weight excluding hydrogens is 348 g/mol. The fourth-order valence-electron chi connectivity index (χ4n) is 4.03. The lowest BCUT2D eigenvalue weighted by Gasteiger charge is -2.19. The first-order valence-electron chi connectivity index (χ1n) is 10.5. The summed E-state index contributed by atoms with van der Waals surface area (Å²) in [6, 6.07) is 9.06. The summed E-state index contributed by atoms with van der Waals surface area (Å²) in [5.74, 6) is 0.748. The normalized spacial score (nSPS) is 19.2. The van der Waals surface area contributed by atoms with E-state index in [-0.39, 0.29) is 5.41 Å². The smallest absolute Gasteiger partial charge is 0.00345 e. The van der Waals surface area contributed by atoms with Crippen molar-refractivity contribution in [1.82, 2.24) is 0 Å². The lowest BCUT2D eigenvalue weighted by molar-refractivity contribution is 0.590. The molecule has 2 unspecified atom stereocenters. The molecule has 0 aliphatic heterocycles. The minimum atomic E-state index is 0.178. The molecule has 0 fully saturated rings. The van der Waals surface area contributed by atoms with Crippen molar-refractivity contribution < 1.29 is 0 Å². The molecule has 0 heterocycles. The van der Waals surface area contributed by atoms with Gasteiger partial charge in [0.05, 0.1) is 0 Å². The van der Waals surface area contributed by atoms with Gasteiger partial charge in [-0.3, -0.25) is 0 Å². The maximum Gasteiger partial charge on any atom is 0.00345 e. The van der Waals surface area contributed by atoms with Crippen LogP contribution in [0.3, 0.4) is 0 Å². The van der Waals surface area contributed by atoms with E-state index in [0.29, 0.717) is 11.8 Å². The van der Waals surface area contributed by atoms with E-state index in [2.05, 4.69) is 107 Å². The fraction of sp³-hybridized carbons (Fsp3) is 0.310. The van der Waals surface area contributed by atoms with Gasteiger partial charge in [-0.25, -0.2) is 0 Å². The first kappa shape index (κ1) is 20.9. The van der Waals surface area contributed by atoms with E-state index < -0.39 is 0 Å². The molecule has 0 amide bonds. The van der Waals surface area contributed by atoms with Gasteiger partial charge >= 0.3 is 0 Å². The van der Waals surface area contributed by atoms with Crippen LogP contribution in [0.2, 0.25) is 0 Å². The van der Waals surface area contributed by atoms with E-state index in [4.69, 9.17) is 0 Å². The van der Waals surface area contributed by atoms with Crippen LogP contribution in [0.4, 0.5) is 0 Å². The number of benzene rings is 1. The highest BCUT2D eigenvalue weighted by molar-refractivity contribution is 5.76. The topological polar surface area (TPSA) is 0 Å². The molecule has 0 spiro atoms. The van der Waals surface area contributed by atoms with Crippen LogP contribution < -0.4 is 0 Å². The molecule has 29 heavy (non-hydrogen) atoms. The fourth-order valence-corrected chi connectivity index (χ4v) is 4.03. The van der Waals surface area contributed by atoms with Crippen molar-refractivity contribution in [3.63, 3.8) is 0 Å². The van der Waals surface area contributed by atoms with Crippen molar-refractivity contribution >= 4 is 5.57 Å². The lowest BCUT2D eigenvalue weighted by Crippen LogP contribution is -2.10. The van der Waals surface area contributed by atoms with Gasteiger partial charge in [0.2, 0.25) is 0 Å². The van der Waals surface area contributed by atoms with Crippen molar-refractivity contribution in [3.8, 4) is 0 Å². The average Bonchev–Trinajstić information content (AvgIpc) is 2.87. The molecule has 2 aliphatic carbocycles. The van der Waals surface area contributed by atoms with Crippen molar-refractivity contribution in [3.05, 3.63) is 113 Å². The molecule has 0 bridgehead atoms. The van der Waals surface area contributed by atoms with Gasteiger partial charge in [0, 0.05) is 11.5 Å². The van der Waals surface area contributed by atoms with Crippen LogP contribution in [-0.2, 0) is 5.41 Å².